The second-order valence-electron chi connectivity index (χ2n) is 7.29. The molecule has 0 aliphatic carbocycles. The van der Waals surface area contributed by atoms with Crippen LogP contribution in [0.1, 0.15) is 23.6 Å². The van der Waals surface area contributed by atoms with Gasteiger partial charge in [-0.05, 0) is 48.9 Å². The Morgan fingerprint density at radius 1 is 1.03 bits per heavy atom. The van der Waals surface area contributed by atoms with Crippen LogP contribution in [0.3, 0.4) is 0 Å². The largest absolute Gasteiger partial charge is 0.490 e. The molecule has 7 nitrogen and oxygen atoms in total. The molecule has 0 atom stereocenters. The van der Waals surface area contributed by atoms with Crippen molar-refractivity contribution in [3.63, 3.8) is 0 Å². The van der Waals surface area contributed by atoms with E-state index >= 15 is 0 Å². The molecule has 0 bridgehead atoms. The number of carbonyl (C=O) groups excluding carboxylic acids is 2. The van der Waals surface area contributed by atoms with Crippen molar-refractivity contribution in [1.29, 1.82) is 5.26 Å². The van der Waals surface area contributed by atoms with Crippen molar-refractivity contribution in [2.75, 3.05) is 11.6 Å². The fourth-order valence-electron chi connectivity index (χ4n) is 3.43. The van der Waals surface area contributed by atoms with Gasteiger partial charge in [-0.3, -0.25) is 15.0 Å². The number of benzene rings is 3. The molecular formula is C26H20BrN3O4. The maximum Gasteiger partial charge on any atom is 0.282 e. The minimum absolute atomic E-state index is 0.00335. The molecule has 170 valence electrons. The van der Waals surface area contributed by atoms with Crippen molar-refractivity contribution in [2.24, 2.45) is 0 Å². The van der Waals surface area contributed by atoms with Crippen molar-refractivity contribution in [1.82, 2.24) is 5.43 Å². The molecule has 0 radical (unpaired) electrons. The average molecular weight is 518 g/mol. The highest BCUT2D eigenvalue weighted by Gasteiger charge is 2.34. The van der Waals surface area contributed by atoms with Gasteiger partial charge in [-0.1, -0.05) is 52.3 Å². The number of halogens is 1. The first-order chi connectivity index (χ1) is 16.5. The number of para-hydroxylation sites is 1. The molecule has 1 N–H and O–H groups in total. The monoisotopic (exact) mass is 517 g/mol. The lowest BCUT2D eigenvalue weighted by atomic mass is 10.1. The number of hydrogen-bond acceptors (Lipinski definition) is 5. The van der Waals surface area contributed by atoms with Gasteiger partial charge < -0.3 is 9.47 Å². The zero-order valence-electron chi connectivity index (χ0n) is 18.2. The first-order valence-corrected chi connectivity index (χ1v) is 11.3. The number of carbonyl (C=O) groups is 2. The quantitative estimate of drug-likeness (QED) is 0.360. The highest BCUT2D eigenvalue weighted by atomic mass is 79.9. The Labute approximate surface area is 205 Å². The van der Waals surface area contributed by atoms with Gasteiger partial charge in [0.05, 0.1) is 23.9 Å². The summed E-state index contributed by atoms with van der Waals surface area (Å²) < 4.78 is 12.3. The van der Waals surface area contributed by atoms with E-state index in [1.54, 1.807) is 48.5 Å². The molecule has 0 spiro atoms. The molecule has 1 heterocycles. The standard InChI is InChI=1S/C26H20BrN3O4/c1-2-33-23-13-19(12-21-25(31)29-30(26(21)32)20-10-4-3-5-11-20)22(27)14-24(23)34-16-18-9-7-6-8-17(18)15-28/h3-14H,2,16H2,1H3,(H,29,31)/b21-12-. The first-order valence-electron chi connectivity index (χ1n) is 10.5. The minimum atomic E-state index is -0.493. The normalized spacial score (nSPS) is 14.1. The van der Waals surface area contributed by atoms with Gasteiger partial charge in [-0.25, -0.2) is 5.01 Å². The molecule has 0 aromatic heterocycles. The van der Waals surface area contributed by atoms with Crippen LogP contribution < -0.4 is 19.9 Å². The fraction of sp³-hybridized carbons (Fsp3) is 0.115. The average Bonchev–Trinajstić information content (AvgIpc) is 3.14. The van der Waals surface area contributed by atoms with Crippen molar-refractivity contribution in [3.05, 3.63) is 93.5 Å². The van der Waals surface area contributed by atoms with E-state index in [-0.39, 0.29) is 12.2 Å². The van der Waals surface area contributed by atoms with Crippen LogP contribution in [0.2, 0.25) is 0 Å². The number of hydrazine groups is 1. The Hall–Kier alpha value is -4.09. The van der Waals surface area contributed by atoms with Gasteiger partial charge in [0.2, 0.25) is 0 Å². The van der Waals surface area contributed by atoms with Gasteiger partial charge in [-0.2, -0.15) is 5.26 Å². The third-order valence-electron chi connectivity index (χ3n) is 5.09. The van der Waals surface area contributed by atoms with Crippen LogP contribution in [0.4, 0.5) is 5.69 Å². The predicted molar refractivity (Wildman–Crippen MR) is 131 cm³/mol. The van der Waals surface area contributed by atoms with Gasteiger partial charge in [0, 0.05) is 10.0 Å². The van der Waals surface area contributed by atoms with Crippen molar-refractivity contribution in [3.8, 4) is 17.6 Å². The molecule has 4 rings (SSSR count). The highest BCUT2D eigenvalue weighted by Crippen LogP contribution is 2.36. The Morgan fingerprint density at radius 3 is 2.47 bits per heavy atom. The number of hydrogen-bond donors (Lipinski definition) is 1. The van der Waals surface area contributed by atoms with Crippen molar-refractivity contribution < 1.29 is 19.1 Å². The zero-order chi connectivity index (χ0) is 24.1. The molecule has 3 aromatic rings. The maximum absolute atomic E-state index is 12.9. The van der Waals surface area contributed by atoms with Crippen LogP contribution in [0, 0.1) is 11.3 Å². The molecule has 0 unspecified atom stereocenters. The van der Waals surface area contributed by atoms with E-state index in [1.165, 1.54) is 11.1 Å². The molecule has 0 saturated carbocycles. The van der Waals surface area contributed by atoms with E-state index in [0.29, 0.717) is 39.4 Å². The minimum Gasteiger partial charge on any atom is -0.490 e. The summed E-state index contributed by atoms with van der Waals surface area (Å²) in [6.45, 7) is 2.42. The van der Waals surface area contributed by atoms with Crippen LogP contribution in [0.25, 0.3) is 6.08 Å². The Balaban J connectivity index is 1.62. The van der Waals surface area contributed by atoms with Crippen LogP contribution in [-0.4, -0.2) is 18.4 Å². The van der Waals surface area contributed by atoms with E-state index in [9.17, 15) is 14.9 Å². The maximum atomic E-state index is 12.9. The number of nitrogens with one attached hydrogen (secondary N) is 1. The smallest absolute Gasteiger partial charge is 0.282 e. The summed E-state index contributed by atoms with van der Waals surface area (Å²) in [6.07, 6.45) is 1.52. The third kappa shape index (κ3) is 4.80. The molecule has 1 aliphatic heterocycles. The number of rotatable bonds is 7. The highest BCUT2D eigenvalue weighted by molar-refractivity contribution is 9.10. The van der Waals surface area contributed by atoms with Gasteiger partial charge in [0.1, 0.15) is 12.2 Å². The summed E-state index contributed by atoms with van der Waals surface area (Å²) in [5.74, 6) is -0.0175. The van der Waals surface area contributed by atoms with E-state index in [4.69, 9.17) is 9.47 Å². The summed E-state index contributed by atoms with van der Waals surface area (Å²) in [5, 5.41) is 10.5. The van der Waals surface area contributed by atoms with Gasteiger partial charge in [0.15, 0.2) is 11.5 Å². The van der Waals surface area contributed by atoms with Gasteiger partial charge in [0.25, 0.3) is 11.8 Å². The molecule has 34 heavy (non-hydrogen) atoms. The summed E-state index contributed by atoms with van der Waals surface area (Å²) in [6, 6.07) is 21.7. The van der Waals surface area contributed by atoms with Crippen molar-refractivity contribution >= 4 is 39.5 Å². The fourth-order valence-corrected chi connectivity index (χ4v) is 3.86. The lowest BCUT2D eigenvalue weighted by molar-refractivity contribution is -0.117. The predicted octanol–water partition coefficient (Wildman–Crippen LogP) is 4.76. The molecule has 8 heteroatoms. The lowest BCUT2D eigenvalue weighted by Gasteiger charge is -2.15. The van der Waals surface area contributed by atoms with Crippen LogP contribution in [0.15, 0.2) is 76.8 Å². The topological polar surface area (TPSA) is 91.7 Å². The third-order valence-corrected chi connectivity index (χ3v) is 5.78. The van der Waals surface area contributed by atoms with Crippen molar-refractivity contribution in [2.45, 2.75) is 13.5 Å². The summed E-state index contributed by atoms with van der Waals surface area (Å²) in [7, 11) is 0. The Bertz CT molecular complexity index is 1320. The summed E-state index contributed by atoms with van der Waals surface area (Å²) in [5.41, 5.74) is 5.04. The van der Waals surface area contributed by atoms with Crippen LogP contribution >= 0.6 is 15.9 Å². The summed E-state index contributed by atoms with van der Waals surface area (Å²) >= 11 is 3.50. The number of nitrogens with zero attached hydrogens (tertiary/aromatic N) is 2. The molecular weight excluding hydrogens is 498 g/mol. The van der Waals surface area contributed by atoms with E-state index in [1.807, 2.05) is 25.1 Å². The number of ether oxygens (including phenoxy) is 2. The second-order valence-corrected chi connectivity index (χ2v) is 8.14. The van der Waals surface area contributed by atoms with E-state index in [2.05, 4.69) is 27.4 Å². The van der Waals surface area contributed by atoms with Crippen LogP contribution in [-0.2, 0) is 16.2 Å². The van der Waals surface area contributed by atoms with E-state index in [0.717, 1.165) is 5.56 Å². The number of anilines is 1. The first kappa shape index (κ1) is 23.1. The Morgan fingerprint density at radius 2 is 1.74 bits per heavy atom. The van der Waals surface area contributed by atoms with Gasteiger partial charge >= 0.3 is 0 Å². The van der Waals surface area contributed by atoms with Crippen LogP contribution in [0.5, 0.6) is 11.5 Å². The second kappa shape index (κ2) is 10.2. The zero-order valence-corrected chi connectivity index (χ0v) is 19.8. The molecule has 2 amide bonds. The lowest BCUT2D eigenvalue weighted by Crippen LogP contribution is -2.35. The molecule has 1 aliphatic rings. The summed E-state index contributed by atoms with van der Waals surface area (Å²) in [4.78, 5) is 25.4. The molecule has 1 fully saturated rings. The number of nitriles is 1. The molecule has 3 aromatic carbocycles. The van der Waals surface area contributed by atoms with Gasteiger partial charge in [-0.15, -0.1) is 0 Å². The number of amides is 2. The molecule has 1 saturated heterocycles. The Kier molecular flexibility index (Phi) is 6.95. The van der Waals surface area contributed by atoms with E-state index < -0.39 is 11.8 Å². The SMILES string of the molecule is CCOc1cc(/C=C2/C(=O)NN(c3ccccc3)C2=O)c(Br)cc1OCc1ccccc1C#N.